The van der Waals surface area contributed by atoms with E-state index >= 15 is 0 Å². The third kappa shape index (κ3) is 1.91. The van der Waals surface area contributed by atoms with Crippen molar-refractivity contribution in [2.45, 2.75) is 18.6 Å². The summed E-state index contributed by atoms with van der Waals surface area (Å²) < 4.78 is 22.1. The molecular formula is C10H14O2S. The van der Waals surface area contributed by atoms with E-state index in [-0.39, 0.29) is 0 Å². The van der Waals surface area contributed by atoms with Crippen molar-refractivity contribution in [1.29, 1.82) is 0 Å². The Morgan fingerprint density at radius 3 is 1.92 bits per heavy atom. The lowest BCUT2D eigenvalue weighted by Crippen LogP contribution is -2.27. The van der Waals surface area contributed by atoms with Gasteiger partial charge in [0, 0.05) is 6.26 Å². The van der Waals surface area contributed by atoms with Gasteiger partial charge in [-0.1, -0.05) is 30.3 Å². The third-order valence-electron chi connectivity index (χ3n) is 2.40. The summed E-state index contributed by atoms with van der Waals surface area (Å²) >= 11 is 0. The van der Waals surface area contributed by atoms with Crippen LogP contribution in [0.5, 0.6) is 0 Å². The molecule has 3 heteroatoms. The first-order chi connectivity index (χ1) is 5.86. The second-order valence-corrected chi connectivity index (χ2v) is 6.21. The lowest BCUT2D eigenvalue weighted by atomic mass is 10.0. The molecule has 0 N–H and O–H groups in total. The Morgan fingerprint density at radius 1 is 1.08 bits per heavy atom. The average Bonchev–Trinajstić information content (AvgIpc) is 2.04. The summed E-state index contributed by atoms with van der Waals surface area (Å²) in [6.45, 7) is 3.44. The number of hydrogen-bond donors (Lipinski definition) is 0. The normalized spacial score (nSPS) is 12.8. The van der Waals surface area contributed by atoms with Crippen molar-refractivity contribution in [3.8, 4) is 0 Å². The summed E-state index contributed by atoms with van der Waals surface area (Å²) in [6.07, 6.45) is 1.26. The molecule has 0 atom stereocenters. The van der Waals surface area contributed by atoms with E-state index < -0.39 is 14.6 Å². The van der Waals surface area contributed by atoms with Crippen LogP contribution in [0.25, 0.3) is 0 Å². The molecule has 0 amide bonds. The molecule has 1 rings (SSSR count). The minimum absolute atomic E-state index is 0.797. The molecule has 1 aromatic carbocycles. The third-order valence-corrected chi connectivity index (χ3v) is 4.49. The van der Waals surface area contributed by atoms with E-state index in [1.54, 1.807) is 13.8 Å². The standard InChI is InChI=1S/C10H14O2S/c1-10(2,13(3,11)12)9-7-5-4-6-8-9/h4-8H,1-3H3. The van der Waals surface area contributed by atoms with Gasteiger partial charge in [-0.25, -0.2) is 8.42 Å². The maximum Gasteiger partial charge on any atom is 0.156 e. The van der Waals surface area contributed by atoms with Gasteiger partial charge in [0.05, 0.1) is 4.75 Å². The van der Waals surface area contributed by atoms with Gasteiger partial charge in [0.25, 0.3) is 0 Å². The highest BCUT2D eigenvalue weighted by molar-refractivity contribution is 7.91. The van der Waals surface area contributed by atoms with E-state index in [4.69, 9.17) is 0 Å². The Hall–Kier alpha value is -0.830. The highest BCUT2D eigenvalue weighted by Gasteiger charge is 2.31. The fourth-order valence-corrected chi connectivity index (χ4v) is 1.62. The van der Waals surface area contributed by atoms with Crippen LogP contribution in [0.15, 0.2) is 30.3 Å². The summed E-state index contributed by atoms with van der Waals surface area (Å²) in [5.74, 6) is 0. The van der Waals surface area contributed by atoms with Crippen molar-refractivity contribution in [1.82, 2.24) is 0 Å². The molecule has 0 aliphatic carbocycles. The molecule has 0 aromatic heterocycles. The van der Waals surface area contributed by atoms with Gasteiger partial charge in [0.2, 0.25) is 0 Å². The van der Waals surface area contributed by atoms with Crippen molar-refractivity contribution in [2.24, 2.45) is 0 Å². The Bertz CT molecular complexity index is 377. The Labute approximate surface area is 79.5 Å². The molecule has 0 saturated heterocycles. The van der Waals surface area contributed by atoms with Gasteiger partial charge in [-0.15, -0.1) is 0 Å². The second-order valence-electron chi connectivity index (χ2n) is 3.65. The summed E-state index contributed by atoms with van der Waals surface area (Å²) in [7, 11) is -3.06. The number of benzene rings is 1. The van der Waals surface area contributed by atoms with E-state index in [0.29, 0.717) is 0 Å². The molecule has 72 valence electrons. The second kappa shape index (κ2) is 3.14. The maximum absolute atomic E-state index is 11.5. The SMILES string of the molecule is CC(C)(c1ccccc1)S(C)(=O)=O. The molecule has 13 heavy (non-hydrogen) atoms. The fraction of sp³-hybridized carbons (Fsp3) is 0.400. The van der Waals surface area contributed by atoms with Crippen LogP contribution in [-0.2, 0) is 14.6 Å². The summed E-state index contributed by atoms with van der Waals surface area (Å²) in [6, 6.07) is 9.24. The Balaban J connectivity index is 3.24. The van der Waals surface area contributed by atoms with E-state index in [2.05, 4.69) is 0 Å². The topological polar surface area (TPSA) is 34.1 Å². The maximum atomic E-state index is 11.5. The van der Waals surface area contributed by atoms with Gasteiger partial charge < -0.3 is 0 Å². The molecular weight excluding hydrogens is 184 g/mol. The monoisotopic (exact) mass is 198 g/mol. The van der Waals surface area contributed by atoms with E-state index in [1.165, 1.54) is 6.26 Å². The fourth-order valence-electron chi connectivity index (χ4n) is 1.05. The molecule has 2 nitrogen and oxygen atoms in total. The molecule has 1 aromatic rings. The highest BCUT2D eigenvalue weighted by atomic mass is 32.2. The molecule has 0 aliphatic rings. The minimum Gasteiger partial charge on any atom is -0.228 e. The zero-order chi connectivity index (χ0) is 10.1. The van der Waals surface area contributed by atoms with Crippen LogP contribution in [0.2, 0.25) is 0 Å². The molecule has 0 saturated carbocycles. The van der Waals surface area contributed by atoms with Crippen LogP contribution >= 0.6 is 0 Å². The Morgan fingerprint density at radius 2 is 1.54 bits per heavy atom. The van der Waals surface area contributed by atoms with Crippen molar-refractivity contribution < 1.29 is 8.42 Å². The first kappa shape index (κ1) is 10.3. The van der Waals surface area contributed by atoms with Gasteiger partial charge in [-0.2, -0.15) is 0 Å². The zero-order valence-electron chi connectivity index (χ0n) is 8.11. The molecule has 0 bridgehead atoms. The largest absolute Gasteiger partial charge is 0.228 e. The summed E-state index contributed by atoms with van der Waals surface area (Å²) in [5, 5.41) is 0. The molecule has 0 radical (unpaired) electrons. The molecule has 0 spiro atoms. The molecule has 0 aliphatic heterocycles. The van der Waals surface area contributed by atoms with E-state index in [1.807, 2.05) is 30.3 Å². The number of rotatable bonds is 2. The Kier molecular flexibility index (Phi) is 2.48. The first-order valence-corrected chi connectivity index (χ1v) is 6.00. The predicted molar refractivity (Wildman–Crippen MR) is 54.3 cm³/mol. The molecule has 0 unspecified atom stereocenters. The van der Waals surface area contributed by atoms with Gasteiger partial charge in [0.1, 0.15) is 0 Å². The van der Waals surface area contributed by atoms with Gasteiger partial charge >= 0.3 is 0 Å². The minimum atomic E-state index is -3.06. The van der Waals surface area contributed by atoms with Crippen LogP contribution in [0.3, 0.4) is 0 Å². The molecule has 0 heterocycles. The van der Waals surface area contributed by atoms with Gasteiger partial charge in [-0.3, -0.25) is 0 Å². The average molecular weight is 198 g/mol. The summed E-state index contributed by atoms with van der Waals surface area (Å²) in [4.78, 5) is 0. The lowest BCUT2D eigenvalue weighted by Gasteiger charge is -2.22. The quantitative estimate of drug-likeness (QED) is 0.728. The number of hydrogen-bond acceptors (Lipinski definition) is 2. The smallest absolute Gasteiger partial charge is 0.156 e. The van der Waals surface area contributed by atoms with Crippen molar-refractivity contribution in [3.63, 3.8) is 0 Å². The van der Waals surface area contributed by atoms with Crippen LogP contribution in [0.1, 0.15) is 19.4 Å². The molecule has 0 fully saturated rings. The number of sulfone groups is 1. The van der Waals surface area contributed by atoms with Crippen LogP contribution in [0.4, 0.5) is 0 Å². The van der Waals surface area contributed by atoms with Crippen molar-refractivity contribution >= 4 is 9.84 Å². The van der Waals surface area contributed by atoms with E-state index in [9.17, 15) is 8.42 Å². The first-order valence-electron chi connectivity index (χ1n) is 4.11. The van der Waals surface area contributed by atoms with Crippen molar-refractivity contribution in [2.75, 3.05) is 6.26 Å². The lowest BCUT2D eigenvalue weighted by molar-refractivity contribution is 0.561. The van der Waals surface area contributed by atoms with E-state index in [0.717, 1.165) is 5.56 Å². The zero-order valence-corrected chi connectivity index (χ0v) is 8.93. The van der Waals surface area contributed by atoms with Crippen LogP contribution in [-0.4, -0.2) is 14.7 Å². The van der Waals surface area contributed by atoms with Gasteiger partial charge in [0.15, 0.2) is 9.84 Å². The van der Waals surface area contributed by atoms with Gasteiger partial charge in [-0.05, 0) is 19.4 Å². The highest BCUT2D eigenvalue weighted by Crippen LogP contribution is 2.28. The van der Waals surface area contributed by atoms with Crippen molar-refractivity contribution in [3.05, 3.63) is 35.9 Å². The summed E-state index contributed by atoms with van der Waals surface area (Å²) in [5.41, 5.74) is 0.831. The van der Waals surface area contributed by atoms with Crippen LogP contribution < -0.4 is 0 Å². The van der Waals surface area contributed by atoms with Crippen LogP contribution in [0, 0.1) is 0 Å². The predicted octanol–water partition coefficient (Wildman–Crippen LogP) is 1.97.